The van der Waals surface area contributed by atoms with Crippen molar-refractivity contribution < 1.29 is 28.5 Å². The number of aromatic carboxylic acids is 1. The molecule has 0 saturated carbocycles. The van der Waals surface area contributed by atoms with Gasteiger partial charge in [-0.1, -0.05) is 36.4 Å². The molecule has 0 aliphatic carbocycles. The molecule has 3 aromatic rings. The fraction of sp³-hybridized carbons (Fsp3) is 0.367. The highest BCUT2D eigenvalue weighted by molar-refractivity contribution is 5.90. The molecule has 1 fully saturated rings. The van der Waals surface area contributed by atoms with Crippen LogP contribution in [0.5, 0.6) is 0 Å². The van der Waals surface area contributed by atoms with Crippen molar-refractivity contribution >= 4 is 5.97 Å². The fourth-order valence-corrected chi connectivity index (χ4v) is 5.22. The van der Waals surface area contributed by atoms with Crippen LogP contribution in [0, 0.1) is 18.6 Å². The number of ether oxygens (including phenoxy) is 1. The van der Waals surface area contributed by atoms with Crippen LogP contribution in [0.15, 0.2) is 60.7 Å². The summed E-state index contributed by atoms with van der Waals surface area (Å²) in [6.45, 7) is 5.10. The molecule has 0 aromatic heterocycles. The zero-order valence-corrected chi connectivity index (χ0v) is 21.2. The van der Waals surface area contributed by atoms with Crippen molar-refractivity contribution in [3.63, 3.8) is 0 Å². The minimum absolute atomic E-state index is 0.117. The number of β-amino-alcohol motifs (C(OH)–C–C–N with tert-alkyl or cyclic N) is 1. The first kappa shape index (κ1) is 26.9. The molecule has 0 amide bonds. The smallest absolute Gasteiger partial charge is 0.335 e. The molecule has 0 unspecified atom stereocenters. The van der Waals surface area contributed by atoms with Gasteiger partial charge in [-0.05, 0) is 85.7 Å². The Hall–Kier alpha value is -3.13. The van der Waals surface area contributed by atoms with Gasteiger partial charge in [0.1, 0.15) is 11.6 Å². The zero-order chi connectivity index (χ0) is 26.5. The Morgan fingerprint density at radius 2 is 1.84 bits per heavy atom. The minimum Gasteiger partial charge on any atom is -0.478 e. The Labute approximate surface area is 216 Å². The molecule has 0 radical (unpaired) electrons. The molecule has 3 aromatic carbocycles. The summed E-state index contributed by atoms with van der Waals surface area (Å²) in [5.74, 6) is -2.10. The number of aliphatic hydroxyl groups excluding tert-OH is 1. The average Bonchev–Trinajstić information content (AvgIpc) is 3.27. The number of carbonyl (C=O) groups is 1. The van der Waals surface area contributed by atoms with E-state index in [0.717, 1.165) is 42.1 Å². The maximum atomic E-state index is 13.6. The highest BCUT2D eigenvalue weighted by atomic mass is 19.1. The van der Waals surface area contributed by atoms with Gasteiger partial charge in [-0.3, -0.25) is 4.90 Å². The van der Waals surface area contributed by atoms with E-state index >= 15 is 0 Å². The Kier molecular flexibility index (Phi) is 8.69. The molecule has 7 heteroatoms. The summed E-state index contributed by atoms with van der Waals surface area (Å²) in [4.78, 5) is 13.5. The number of hydrogen-bond acceptors (Lipinski definition) is 4. The van der Waals surface area contributed by atoms with Gasteiger partial charge in [-0.25, -0.2) is 13.6 Å². The zero-order valence-electron chi connectivity index (χ0n) is 21.2. The maximum Gasteiger partial charge on any atom is 0.335 e. The van der Waals surface area contributed by atoms with E-state index < -0.39 is 23.7 Å². The summed E-state index contributed by atoms with van der Waals surface area (Å²) in [5.41, 5.74) is 4.39. The third-order valence-electron chi connectivity index (χ3n) is 7.04. The maximum absolute atomic E-state index is 13.6. The number of aryl methyl sites for hydroxylation is 1. The second-order valence-electron chi connectivity index (χ2n) is 9.82. The van der Waals surface area contributed by atoms with Gasteiger partial charge >= 0.3 is 5.97 Å². The lowest BCUT2D eigenvalue weighted by Gasteiger charge is -2.27. The van der Waals surface area contributed by atoms with Crippen molar-refractivity contribution in [3.8, 4) is 11.1 Å². The molecule has 5 nitrogen and oxygen atoms in total. The van der Waals surface area contributed by atoms with Crippen LogP contribution < -0.4 is 0 Å². The molecule has 1 heterocycles. The number of nitrogens with zero attached hydrogens (tertiary/aromatic N) is 1. The Morgan fingerprint density at radius 1 is 1.11 bits per heavy atom. The molecule has 196 valence electrons. The summed E-state index contributed by atoms with van der Waals surface area (Å²) in [6.07, 6.45) is 1.41. The van der Waals surface area contributed by atoms with E-state index in [1.807, 2.05) is 37.3 Å². The lowest BCUT2D eigenvalue weighted by atomic mass is 9.94. The van der Waals surface area contributed by atoms with Crippen LogP contribution >= 0.6 is 0 Å². The molecular formula is C30H33F2NO4. The number of halogens is 2. The molecule has 4 rings (SSSR count). The van der Waals surface area contributed by atoms with Gasteiger partial charge in [0, 0.05) is 18.7 Å². The first-order chi connectivity index (χ1) is 17.7. The summed E-state index contributed by atoms with van der Waals surface area (Å²) in [7, 11) is 0. The van der Waals surface area contributed by atoms with E-state index in [-0.39, 0.29) is 24.3 Å². The molecule has 1 aliphatic rings. The minimum atomic E-state index is -0.952. The molecule has 37 heavy (non-hydrogen) atoms. The van der Waals surface area contributed by atoms with E-state index in [0.29, 0.717) is 24.1 Å². The molecule has 3 atom stereocenters. The molecule has 1 saturated heterocycles. The van der Waals surface area contributed by atoms with E-state index in [9.17, 15) is 23.8 Å². The Morgan fingerprint density at radius 3 is 2.54 bits per heavy atom. The van der Waals surface area contributed by atoms with E-state index in [2.05, 4.69) is 4.90 Å². The predicted octanol–water partition coefficient (Wildman–Crippen LogP) is 5.78. The van der Waals surface area contributed by atoms with Crippen LogP contribution in [0.4, 0.5) is 8.78 Å². The number of hydrogen-bond donors (Lipinski definition) is 2. The van der Waals surface area contributed by atoms with Crippen molar-refractivity contribution in [1.29, 1.82) is 0 Å². The molecule has 0 spiro atoms. The predicted molar refractivity (Wildman–Crippen MR) is 139 cm³/mol. The second-order valence-corrected chi connectivity index (χ2v) is 9.82. The lowest BCUT2D eigenvalue weighted by molar-refractivity contribution is -0.0169. The number of benzene rings is 3. The number of likely N-dealkylation sites (tertiary alicyclic amines) is 1. The van der Waals surface area contributed by atoms with Crippen LogP contribution in [0.3, 0.4) is 0 Å². The standard InChI is InChI=1S/C30H33F2NO4/c1-19-12-22(9-10-27(19)30(35)36)29-8-4-3-7-28(29)20(2)37-18-26(34)17-33-11-5-6-25(33)15-21-13-23(31)16-24(32)14-21/h3-4,7-10,12-14,16,20,25-26,34H,5-6,11,15,17-18H2,1-2H3,(H,35,36)/t20-,25+,26-/m1/s1. The highest BCUT2D eigenvalue weighted by Gasteiger charge is 2.27. The Balaban J connectivity index is 1.37. The number of carboxylic acids is 1. The van der Waals surface area contributed by atoms with Crippen molar-refractivity contribution in [3.05, 3.63) is 94.6 Å². The summed E-state index contributed by atoms with van der Waals surface area (Å²) < 4.78 is 33.3. The normalized spacial score (nSPS) is 17.6. The number of rotatable bonds is 10. The first-order valence-electron chi connectivity index (χ1n) is 12.6. The largest absolute Gasteiger partial charge is 0.478 e. The summed E-state index contributed by atoms with van der Waals surface area (Å²) in [6, 6.07) is 16.8. The summed E-state index contributed by atoms with van der Waals surface area (Å²) in [5, 5.41) is 20.1. The molecule has 1 aliphatic heterocycles. The van der Waals surface area contributed by atoms with Gasteiger partial charge in [0.25, 0.3) is 0 Å². The first-order valence-corrected chi connectivity index (χ1v) is 12.6. The van der Waals surface area contributed by atoms with Crippen LogP contribution in [0.25, 0.3) is 11.1 Å². The average molecular weight is 510 g/mol. The van der Waals surface area contributed by atoms with Crippen molar-refractivity contribution in [2.45, 2.75) is 51.4 Å². The van der Waals surface area contributed by atoms with Gasteiger partial charge in [-0.15, -0.1) is 0 Å². The van der Waals surface area contributed by atoms with Gasteiger partial charge < -0.3 is 14.9 Å². The van der Waals surface area contributed by atoms with Gasteiger partial charge in [0.05, 0.1) is 24.4 Å². The van der Waals surface area contributed by atoms with Crippen LogP contribution in [-0.2, 0) is 11.2 Å². The SMILES string of the molecule is Cc1cc(-c2ccccc2[C@@H](C)OC[C@H](O)CN2CCC[C@H]2Cc2cc(F)cc(F)c2)ccc1C(=O)O. The third-order valence-corrected chi connectivity index (χ3v) is 7.04. The number of carboxylic acid groups (broad SMARTS) is 1. The lowest BCUT2D eigenvalue weighted by Crippen LogP contribution is -2.39. The Bertz CT molecular complexity index is 1230. The van der Waals surface area contributed by atoms with Crippen molar-refractivity contribution in [2.24, 2.45) is 0 Å². The van der Waals surface area contributed by atoms with E-state index in [4.69, 9.17) is 4.74 Å². The van der Waals surface area contributed by atoms with Crippen molar-refractivity contribution in [2.75, 3.05) is 19.7 Å². The highest BCUT2D eigenvalue weighted by Crippen LogP contribution is 2.31. The van der Waals surface area contributed by atoms with Crippen LogP contribution in [0.1, 0.15) is 52.9 Å². The monoisotopic (exact) mass is 509 g/mol. The molecular weight excluding hydrogens is 476 g/mol. The quantitative estimate of drug-likeness (QED) is 0.362. The molecule has 2 N–H and O–H groups in total. The van der Waals surface area contributed by atoms with Crippen molar-refractivity contribution in [1.82, 2.24) is 4.90 Å². The number of aliphatic hydroxyl groups is 1. The molecule has 0 bridgehead atoms. The van der Waals surface area contributed by atoms with E-state index in [1.165, 1.54) is 12.1 Å². The second kappa shape index (κ2) is 11.9. The topological polar surface area (TPSA) is 70.0 Å². The van der Waals surface area contributed by atoms with Gasteiger partial charge in [0.15, 0.2) is 0 Å². The fourth-order valence-electron chi connectivity index (χ4n) is 5.22. The van der Waals surface area contributed by atoms with Gasteiger partial charge in [-0.2, -0.15) is 0 Å². The van der Waals surface area contributed by atoms with Crippen LogP contribution in [-0.4, -0.2) is 52.9 Å². The van der Waals surface area contributed by atoms with E-state index in [1.54, 1.807) is 19.1 Å². The van der Waals surface area contributed by atoms with Crippen LogP contribution in [0.2, 0.25) is 0 Å². The summed E-state index contributed by atoms with van der Waals surface area (Å²) >= 11 is 0. The van der Waals surface area contributed by atoms with Gasteiger partial charge in [0.2, 0.25) is 0 Å². The third kappa shape index (κ3) is 6.80.